The molecule has 2 aliphatic rings. The molecule has 2 saturated heterocycles. The highest BCUT2D eigenvalue weighted by Gasteiger charge is 2.39. The number of amides is 1. The topological polar surface area (TPSA) is 23.6 Å². The molecule has 0 N–H and O–H groups in total. The summed E-state index contributed by atoms with van der Waals surface area (Å²) < 4.78 is 13.8. The minimum absolute atomic E-state index is 0.147. The number of benzene rings is 1. The first-order chi connectivity index (χ1) is 9.68. The molecule has 0 aliphatic carbocycles. The predicted molar refractivity (Wildman–Crippen MR) is 76.1 cm³/mol. The number of rotatable bonds is 2. The maximum Gasteiger partial charge on any atom is 0.257 e. The van der Waals surface area contributed by atoms with Crippen LogP contribution in [-0.4, -0.2) is 47.9 Å². The normalized spacial score (nSPS) is 27.2. The van der Waals surface area contributed by atoms with E-state index in [2.05, 4.69) is 11.9 Å². The number of hydrogen-bond acceptors (Lipinski definition) is 2. The third-order valence-electron chi connectivity index (χ3n) is 4.69. The maximum atomic E-state index is 13.8. The fraction of sp³-hybridized carbons (Fsp3) is 0.562. The van der Waals surface area contributed by atoms with Gasteiger partial charge in [-0.2, -0.15) is 0 Å². The van der Waals surface area contributed by atoms with E-state index >= 15 is 0 Å². The minimum atomic E-state index is -0.414. The van der Waals surface area contributed by atoms with Crippen LogP contribution in [-0.2, 0) is 0 Å². The van der Waals surface area contributed by atoms with Crippen molar-refractivity contribution in [1.82, 2.24) is 9.80 Å². The van der Waals surface area contributed by atoms with Crippen LogP contribution in [0.15, 0.2) is 24.3 Å². The van der Waals surface area contributed by atoms with Crippen molar-refractivity contribution in [2.24, 2.45) is 0 Å². The van der Waals surface area contributed by atoms with E-state index in [-0.39, 0.29) is 17.5 Å². The summed E-state index contributed by atoms with van der Waals surface area (Å²) in [5, 5.41) is 0. The minimum Gasteiger partial charge on any atom is -0.334 e. The van der Waals surface area contributed by atoms with Crippen molar-refractivity contribution in [3.8, 4) is 0 Å². The second-order valence-corrected chi connectivity index (χ2v) is 5.88. The first kappa shape index (κ1) is 13.6. The molecule has 20 heavy (non-hydrogen) atoms. The predicted octanol–water partition coefficient (Wildman–Crippen LogP) is 2.52. The summed E-state index contributed by atoms with van der Waals surface area (Å²) in [5.74, 6) is -0.561. The van der Waals surface area contributed by atoms with Crippen LogP contribution in [0.3, 0.4) is 0 Å². The molecule has 2 atom stereocenters. The highest BCUT2D eigenvalue weighted by atomic mass is 19.1. The molecular weight excluding hydrogens is 255 g/mol. The molecular formula is C16H21FN2O. The van der Waals surface area contributed by atoms with Gasteiger partial charge in [0.15, 0.2) is 0 Å². The monoisotopic (exact) mass is 276 g/mol. The molecule has 2 fully saturated rings. The van der Waals surface area contributed by atoms with Gasteiger partial charge < -0.3 is 9.80 Å². The molecule has 2 aliphatic heterocycles. The van der Waals surface area contributed by atoms with Crippen LogP contribution in [0.5, 0.6) is 0 Å². The van der Waals surface area contributed by atoms with E-state index in [1.807, 2.05) is 4.90 Å². The Morgan fingerprint density at radius 2 is 1.85 bits per heavy atom. The fourth-order valence-electron chi connectivity index (χ4n) is 3.66. The zero-order valence-electron chi connectivity index (χ0n) is 11.9. The van der Waals surface area contributed by atoms with Gasteiger partial charge in [-0.15, -0.1) is 0 Å². The number of carbonyl (C=O) groups is 1. The molecule has 0 saturated carbocycles. The summed E-state index contributed by atoms with van der Waals surface area (Å²) in [7, 11) is 2.13. The van der Waals surface area contributed by atoms with Gasteiger partial charge in [-0.25, -0.2) is 4.39 Å². The second kappa shape index (κ2) is 5.52. The smallest absolute Gasteiger partial charge is 0.257 e. The maximum absolute atomic E-state index is 13.8. The Bertz CT molecular complexity index is 505. The van der Waals surface area contributed by atoms with E-state index in [0.29, 0.717) is 6.04 Å². The van der Waals surface area contributed by atoms with Gasteiger partial charge in [0.05, 0.1) is 5.56 Å². The SMILES string of the molecule is CN1CCC[C@H]1[C@H]1CCCN1C(=O)c1ccccc1F. The summed E-state index contributed by atoms with van der Waals surface area (Å²) >= 11 is 0. The number of carbonyl (C=O) groups excluding carboxylic acids is 1. The molecule has 1 amide bonds. The van der Waals surface area contributed by atoms with Crippen LogP contribution in [0.25, 0.3) is 0 Å². The van der Waals surface area contributed by atoms with Gasteiger partial charge in [0.2, 0.25) is 0 Å². The van der Waals surface area contributed by atoms with Crippen LogP contribution in [0.4, 0.5) is 4.39 Å². The molecule has 0 unspecified atom stereocenters. The van der Waals surface area contributed by atoms with Crippen molar-refractivity contribution in [1.29, 1.82) is 0 Å². The number of halogens is 1. The van der Waals surface area contributed by atoms with Crippen molar-refractivity contribution in [3.63, 3.8) is 0 Å². The molecule has 1 aromatic rings. The zero-order valence-corrected chi connectivity index (χ0v) is 11.9. The summed E-state index contributed by atoms with van der Waals surface area (Å²) in [6.45, 7) is 1.85. The lowest BCUT2D eigenvalue weighted by Gasteiger charge is -2.33. The summed E-state index contributed by atoms with van der Waals surface area (Å²) in [6.07, 6.45) is 4.39. The van der Waals surface area contributed by atoms with Gasteiger partial charge >= 0.3 is 0 Å². The largest absolute Gasteiger partial charge is 0.334 e. The van der Waals surface area contributed by atoms with Crippen molar-refractivity contribution in [3.05, 3.63) is 35.6 Å². The van der Waals surface area contributed by atoms with Gasteiger partial charge in [0, 0.05) is 18.6 Å². The van der Waals surface area contributed by atoms with Crippen LogP contribution in [0.1, 0.15) is 36.0 Å². The van der Waals surface area contributed by atoms with E-state index in [1.54, 1.807) is 18.2 Å². The standard InChI is InChI=1S/C16H21FN2O/c1-18-10-4-8-14(18)15-9-5-11-19(15)16(20)12-6-2-3-7-13(12)17/h2-3,6-7,14-15H,4-5,8-11H2,1H3/t14-,15+/m0/s1. The fourth-order valence-corrected chi connectivity index (χ4v) is 3.66. The van der Waals surface area contributed by atoms with Crippen LogP contribution >= 0.6 is 0 Å². The van der Waals surface area contributed by atoms with Crippen LogP contribution in [0.2, 0.25) is 0 Å². The summed E-state index contributed by atoms with van der Waals surface area (Å²) in [4.78, 5) is 16.8. The van der Waals surface area contributed by atoms with Gasteiger partial charge in [0.1, 0.15) is 5.82 Å². The Labute approximate surface area is 119 Å². The van der Waals surface area contributed by atoms with Crippen LogP contribution in [0, 0.1) is 5.82 Å². The number of nitrogens with zero attached hydrogens (tertiary/aromatic N) is 2. The lowest BCUT2D eigenvalue weighted by molar-refractivity contribution is 0.0660. The lowest BCUT2D eigenvalue weighted by atomic mass is 10.0. The Morgan fingerprint density at radius 3 is 2.55 bits per heavy atom. The van der Waals surface area contributed by atoms with E-state index in [4.69, 9.17) is 0 Å². The van der Waals surface area contributed by atoms with Crippen molar-refractivity contribution >= 4 is 5.91 Å². The molecule has 3 rings (SSSR count). The molecule has 0 bridgehead atoms. The number of hydrogen-bond donors (Lipinski definition) is 0. The molecule has 3 nitrogen and oxygen atoms in total. The molecule has 0 radical (unpaired) electrons. The van der Waals surface area contributed by atoms with E-state index < -0.39 is 5.82 Å². The Kier molecular flexibility index (Phi) is 3.74. The Morgan fingerprint density at radius 1 is 1.15 bits per heavy atom. The average molecular weight is 276 g/mol. The quantitative estimate of drug-likeness (QED) is 0.828. The summed E-state index contributed by atoms with van der Waals surface area (Å²) in [5.41, 5.74) is 0.208. The van der Waals surface area contributed by atoms with Gasteiger partial charge in [-0.05, 0) is 51.4 Å². The molecule has 2 heterocycles. The highest BCUT2D eigenvalue weighted by molar-refractivity contribution is 5.94. The van der Waals surface area contributed by atoms with Gasteiger partial charge in [-0.3, -0.25) is 4.79 Å². The van der Waals surface area contributed by atoms with Gasteiger partial charge in [-0.1, -0.05) is 12.1 Å². The molecule has 108 valence electrons. The van der Waals surface area contributed by atoms with Crippen LogP contribution < -0.4 is 0 Å². The van der Waals surface area contributed by atoms with E-state index in [1.165, 1.54) is 12.5 Å². The first-order valence-corrected chi connectivity index (χ1v) is 7.44. The highest BCUT2D eigenvalue weighted by Crippen LogP contribution is 2.30. The second-order valence-electron chi connectivity index (χ2n) is 5.88. The molecule has 0 aromatic heterocycles. The zero-order chi connectivity index (χ0) is 14.1. The Hall–Kier alpha value is -1.42. The van der Waals surface area contributed by atoms with Crippen molar-refractivity contribution < 1.29 is 9.18 Å². The van der Waals surface area contributed by atoms with Crippen molar-refractivity contribution in [2.75, 3.05) is 20.1 Å². The third kappa shape index (κ3) is 2.33. The third-order valence-corrected chi connectivity index (χ3v) is 4.69. The van der Waals surface area contributed by atoms with E-state index in [0.717, 1.165) is 32.4 Å². The molecule has 0 spiro atoms. The number of likely N-dealkylation sites (tertiary alicyclic amines) is 2. The van der Waals surface area contributed by atoms with Gasteiger partial charge in [0.25, 0.3) is 5.91 Å². The molecule has 1 aromatic carbocycles. The number of likely N-dealkylation sites (N-methyl/N-ethyl adjacent to an activating group) is 1. The average Bonchev–Trinajstić information content (AvgIpc) is 3.06. The summed E-state index contributed by atoms with van der Waals surface area (Å²) in [6, 6.07) is 6.98. The molecule has 4 heteroatoms. The first-order valence-electron chi connectivity index (χ1n) is 7.44. The Balaban J connectivity index is 1.82. The van der Waals surface area contributed by atoms with E-state index in [9.17, 15) is 9.18 Å². The van der Waals surface area contributed by atoms with Crippen molar-refractivity contribution in [2.45, 2.75) is 37.8 Å². The lowest BCUT2D eigenvalue weighted by Crippen LogP contribution is -2.47.